The molecule has 0 aromatic heterocycles. The van der Waals surface area contributed by atoms with Crippen molar-refractivity contribution in [3.8, 4) is 0 Å². The normalized spacial score (nSPS) is 11.8. The number of nitrogens with two attached hydrogens (primary N) is 1. The van der Waals surface area contributed by atoms with E-state index in [-0.39, 0.29) is 5.78 Å². The van der Waals surface area contributed by atoms with Crippen molar-refractivity contribution in [3.05, 3.63) is 71.3 Å². The number of carbonyl (C=O) groups is 2. The van der Waals surface area contributed by atoms with Crippen molar-refractivity contribution in [2.75, 3.05) is 0 Å². The van der Waals surface area contributed by atoms with Gasteiger partial charge in [0.25, 0.3) is 0 Å². The van der Waals surface area contributed by atoms with E-state index in [9.17, 15) is 9.59 Å². The standard InChI is InChI=1S/C16H15NO2/c1-11(16(17)19)13-8-5-9-14(10-13)15(18)12-6-3-2-4-7-12/h2-11H,1H3,(H2,17,19)/t11-/m1/s1. The molecule has 0 heterocycles. The van der Waals surface area contributed by atoms with Gasteiger partial charge >= 0.3 is 0 Å². The monoisotopic (exact) mass is 253 g/mol. The summed E-state index contributed by atoms with van der Waals surface area (Å²) in [4.78, 5) is 23.5. The zero-order valence-corrected chi connectivity index (χ0v) is 10.7. The number of carbonyl (C=O) groups excluding carboxylic acids is 2. The molecule has 0 unspecified atom stereocenters. The van der Waals surface area contributed by atoms with E-state index in [0.717, 1.165) is 5.56 Å². The molecule has 96 valence electrons. The molecule has 0 fully saturated rings. The van der Waals surface area contributed by atoms with Gasteiger partial charge < -0.3 is 5.73 Å². The Morgan fingerprint density at radius 3 is 2.21 bits per heavy atom. The van der Waals surface area contributed by atoms with Crippen LogP contribution in [0.2, 0.25) is 0 Å². The van der Waals surface area contributed by atoms with Crippen LogP contribution in [0.5, 0.6) is 0 Å². The van der Waals surface area contributed by atoms with Crippen molar-refractivity contribution < 1.29 is 9.59 Å². The predicted octanol–water partition coefficient (Wildman–Crippen LogP) is 2.51. The van der Waals surface area contributed by atoms with E-state index in [2.05, 4.69) is 0 Å². The molecule has 0 aliphatic carbocycles. The zero-order valence-electron chi connectivity index (χ0n) is 10.7. The molecule has 0 radical (unpaired) electrons. The molecule has 0 bridgehead atoms. The molecule has 3 heteroatoms. The van der Waals surface area contributed by atoms with Crippen molar-refractivity contribution >= 4 is 11.7 Å². The molecule has 2 aromatic carbocycles. The fraction of sp³-hybridized carbons (Fsp3) is 0.125. The van der Waals surface area contributed by atoms with E-state index in [0.29, 0.717) is 11.1 Å². The molecule has 0 aliphatic heterocycles. The lowest BCUT2D eigenvalue weighted by atomic mass is 9.95. The van der Waals surface area contributed by atoms with Gasteiger partial charge in [0.1, 0.15) is 0 Å². The second-order valence-corrected chi connectivity index (χ2v) is 4.44. The van der Waals surface area contributed by atoms with E-state index in [1.165, 1.54) is 0 Å². The maximum atomic E-state index is 12.3. The molecule has 0 saturated heterocycles. The number of rotatable bonds is 4. The molecule has 0 saturated carbocycles. The lowest BCUT2D eigenvalue weighted by Gasteiger charge is -2.09. The van der Waals surface area contributed by atoms with Crippen molar-refractivity contribution in [2.24, 2.45) is 5.73 Å². The SMILES string of the molecule is C[C@@H](C(N)=O)c1cccc(C(=O)c2ccccc2)c1. The van der Waals surface area contributed by atoms with Crippen molar-refractivity contribution in [1.82, 2.24) is 0 Å². The second-order valence-electron chi connectivity index (χ2n) is 4.44. The van der Waals surface area contributed by atoms with Crippen LogP contribution in [0.4, 0.5) is 0 Å². The highest BCUT2D eigenvalue weighted by Crippen LogP contribution is 2.18. The lowest BCUT2D eigenvalue weighted by Crippen LogP contribution is -2.19. The first-order valence-corrected chi connectivity index (χ1v) is 6.08. The van der Waals surface area contributed by atoms with Crippen LogP contribution >= 0.6 is 0 Å². The minimum Gasteiger partial charge on any atom is -0.369 e. The van der Waals surface area contributed by atoms with Crippen molar-refractivity contribution in [2.45, 2.75) is 12.8 Å². The van der Waals surface area contributed by atoms with Crippen LogP contribution in [0.3, 0.4) is 0 Å². The van der Waals surface area contributed by atoms with Gasteiger partial charge in [0, 0.05) is 11.1 Å². The fourth-order valence-corrected chi connectivity index (χ4v) is 1.87. The molecule has 1 atom stereocenters. The average Bonchev–Trinajstić information content (AvgIpc) is 2.46. The van der Waals surface area contributed by atoms with Gasteiger partial charge in [-0.05, 0) is 18.6 Å². The van der Waals surface area contributed by atoms with Crippen LogP contribution in [0.1, 0.15) is 34.3 Å². The Labute approximate surface area is 112 Å². The van der Waals surface area contributed by atoms with Crippen LogP contribution in [-0.2, 0) is 4.79 Å². The lowest BCUT2D eigenvalue weighted by molar-refractivity contribution is -0.119. The molecule has 2 aromatic rings. The van der Waals surface area contributed by atoms with Crippen LogP contribution < -0.4 is 5.73 Å². The summed E-state index contributed by atoms with van der Waals surface area (Å²) in [6.45, 7) is 1.73. The number of primary amides is 1. The predicted molar refractivity (Wildman–Crippen MR) is 73.9 cm³/mol. The summed E-state index contributed by atoms with van der Waals surface area (Å²) in [5.74, 6) is -0.855. The summed E-state index contributed by atoms with van der Waals surface area (Å²) >= 11 is 0. The third kappa shape index (κ3) is 2.88. The maximum absolute atomic E-state index is 12.3. The van der Waals surface area contributed by atoms with Crippen molar-refractivity contribution in [1.29, 1.82) is 0 Å². The summed E-state index contributed by atoms with van der Waals surface area (Å²) in [6, 6.07) is 16.1. The Kier molecular flexibility index (Phi) is 3.76. The van der Waals surface area contributed by atoms with Crippen molar-refractivity contribution in [3.63, 3.8) is 0 Å². The molecule has 1 amide bonds. The largest absolute Gasteiger partial charge is 0.369 e. The van der Waals surface area contributed by atoms with E-state index in [1.807, 2.05) is 18.2 Å². The Bertz CT molecular complexity index is 605. The summed E-state index contributed by atoms with van der Waals surface area (Å²) in [7, 11) is 0. The highest BCUT2D eigenvalue weighted by atomic mass is 16.1. The number of benzene rings is 2. The van der Waals surface area contributed by atoms with Gasteiger partial charge in [0.15, 0.2) is 5.78 Å². The molecule has 0 spiro atoms. The highest BCUT2D eigenvalue weighted by Gasteiger charge is 2.14. The molecule has 2 N–H and O–H groups in total. The minimum atomic E-state index is -0.400. The van der Waals surface area contributed by atoms with E-state index in [4.69, 9.17) is 5.73 Å². The number of hydrogen-bond donors (Lipinski definition) is 1. The Morgan fingerprint density at radius 2 is 1.58 bits per heavy atom. The third-order valence-electron chi connectivity index (χ3n) is 3.11. The number of hydrogen-bond acceptors (Lipinski definition) is 2. The molecule has 3 nitrogen and oxygen atoms in total. The van der Waals surface area contributed by atoms with Crippen LogP contribution in [0.15, 0.2) is 54.6 Å². The van der Waals surface area contributed by atoms with Gasteiger partial charge in [-0.3, -0.25) is 9.59 Å². The summed E-state index contributed by atoms with van der Waals surface area (Å²) in [5, 5.41) is 0. The van der Waals surface area contributed by atoms with Gasteiger partial charge in [-0.25, -0.2) is 0 Å². The van der Waals surface area contributed by atoms with Crippen LogP contribution in [0.25, 0.3) is 0 Å². The average molecular weight is 253 g/mol. The van der Waals surface area contributed by atoms with Gasteiger partial charge in [-0.1, -0.05) is 48.5 Å². The first-order chi connectivity index (χ1) is 9.09. The molecule has 0 aliphatic rings. The third-order valence-corrected chi connectivity index (χ3v) is 3.11. The second kappa shape index (κ2) is 5.48. The smallest absolute Gasteiger partial charge is 0.224 e. The maximum Gasteiger partial charge on any atom is 0.224 e. The van der Waals surface area contributed by atoms with Crippen LogP contribution in [-0.4, -0.2) is 11.7 Å². The topological polar surface area (TPSA) is 60.2 Å². The highest BCUT2D eigenvalue weighted by molar-refractivity contribution is 6.09. The first kappa shape index (κ1) is 13.0. The summed E-state index contributed by atoms with van der Waals surface area (Å²) in [6.07, 6.45) is 0. The Balaban J connectivity index is 2.34. The molecule has 19 heavy (non-hydrogen) atoms. The van der Waals surface area contributed by atoms with Gasteiger partial charge in [-0.2, -0.15) is 0 Å². The first-order valence-electron chi connectivity index (χ1n) is 6.08. The fourth-order valence-electron chi connectivity index (χ4n) is 1.87. The Hall–Kier alpha value is -2.42. The quantitative estimate of drug-likeness (QED) is 0.851. The molecular formula is C16H15NO2. The number of ketones is 1. The van der Waals surface area contributed by atoms with Crippen LogP contribution in [0, 0.1) is 0 Å². The van der Waals surface area contributed by atoms with E-state index < -0.39 is 11.8 Å². The summed E-state index contributed by atoms with van der Waals surface area (Å²) < 4.78 is 0. The Morgan fingerprint density at radius 1 is 0.947 bits per heavy atom. The molecule has 2 rings (SSSR count). The van der Waals surface area contributed by atoms with Gasteiger partial charge in [-0.15, -0.1) is 0 Å². The minimum absolute atomic E-state index is 0.0564. The van der Waals surface area contributed by atoms with Gasteiger partial charge in [0.2, 0.25) is 5.91 Å². The zero-order chi connectivity index (χ0) is 13.8. The van der Waals surface area contributed by atoms with E-state index in [1.54, 1.807) is 43.3 Å². The summed E-state index contributed by atoms with van der Waals surface area (Å²) in [5.41, 5.74) is 7.24. The molecular weight excluding hydrogens is 238 g/mol. The van der Waals surface area contributed by atoms with E-state index >= 15 is 0 Å². The van der Waals surface area contributed by atoms with Gasteiger partial charge in [0.05, 0.1) is 5.92 Å². The number of amides is 1.